The Balaban J connectivity index is 1.77. The molecular formula is C22H28N2O4. The lowest BCUT2D eigenvalue weighted by Crippen LogP contribution is -2.37. The van der Waals surface area contributed by atoms with Gasteiger partial charge in [0.05, 0.1) is 32.9 Å². The molecule has 1 heterocycles. The van der Waals surface area contributed by atoms with E-state index >= 15 is 0 Å². The van der Waals surface area contributed by atoms with E-state index in [0.717, 1.165) is 24.4 Å². The van der Waals surface area contributed by atoms with Crippen LogP contribution in [0.4, 0.5) is 0 Å². The van der Waals surface area contributed by atoms with Crippen LogP contribution in [0.1, 0.15) is 34.8 Å². The smallest absolute Gasteiger partial charge is 0.255 e. The Labute approximate surface area is 166 Å². The van der Waals surface area contributed by atoms with Gasteiger partial charge in [0.25, 0.3) is 5.91 Å². The highest BCUT2D eigenvalue weighted by Gasteiger charge is 2.25. The molecule has 0 saturated carbocycles. The number of nitrogens with one attached hydrogen (secondary N) is 1. The van der Waals surface area contributed by atoms with E-state index in [-0.39, 0.29) is 11.9 Å². The summed E-state index contributed by atoms with van der Waals surface area (Å²) in [5.74, 6) is 1.81. The number of benzene rings is 2. The van der Waals surface area contributed by atoms with Crippen molar-refractivity contribution in [3.8, 4) is 17.2 Å². The largest absolute Gasteiger partial charge is 0.497 e. The fraction of sp³-hybridized carbons (Fsp3) is 0.409. The molecule has 0 aromatic heterocycles. The predicted molar refractivity (Wildman–Crippen MR) is 108 cm³/mol. The molecule has 6 heteroatoms. The molecule has 1 aliphatic rings. The molecule has 1 amide bonds. The van der Waals surface area contributed by atoms with Crippen molar-refractivity contribution in [1.82, 2.24) is 10.2 Å². The quantitative estimate of drug-likeness (QED) is 0.757. The molecule has 1 unspecified atom stereocenters. The first-order valence-corrected chi connectivity index (χ1v) is 9.54. The predicted octanol–water partition coefficient (Wildman–Crippen LogP) is 3.28. The Morgan fingerprint density at radius 1 is 1.00 bits per heavy atom. The Morgan fingerprint density at radius 3 is 2.39 bits per heavy atom. The zero-order valence-electron chi connectivity index (χ0n) is 16.7. The summed E-state index contributed by atoms with van der Waals surface area (Å²) in [7, 11) is 4.81. The molecule has 150 valence electrons. The molecule has 0 bridgehead atoms. The van der Waals surface area contributed by atoms with Gasteiger partial charge in [-0.25, -0.2) is 0 Å². The van der Waals surface area contributed by atoms with Crippen LogP contribution < -0.4 is 19.5 Å². The minimum absolute atomic E-state index is 0.103. The topological polar surface area (TPSA) is 60.0 Å². The van der Waals surface area contributed by atoms with E-state index in [1.807, 2.05) is 18.2 Å². The van der Waals surface area contributed by atoms with Crippen LogP contribution in [-0.4, -0.2) is 51.8 Å². The maximum Gasteiger partial charge on any atom is 0.255 e. The van der Waals surface area contributed by atoms with Crippen LogP contribution in [0.2, 0.25) is 0 Å². The van der Waals surface area contributed by atoms with Crippen molar-refractivity contribution in [1.29, 1.82) is 0 Å². The van der Waals surface area contributed by atoms with Crippen molar-refractivity contribution in [3.63, 3.8) is 0 Å². The lowest BCUT2D eigenvalue weighted by Gasteiger charge is -2.28. The van der Waals surface area contributed by atoms with Crippen LogP contribution in [0, 0.1) is 0 Å². The number of ether oxygens (including phenoxy) is 3. The highest BCUT2D eigenvalue weighted by atomic mass is 16.5. The number of carbonyl (C=O) groups is 1. The first-order valence-electron chi connectivity index (χ1n) is 9.54. The SMILES string of the molecule is COc1cccc(C(CNC(=O)c2ccc(OC)cc2OC)N2CCCC2)c1. The van der Waals surface area contributed by atoms with E-state index < -0.39 is 0 Å². The third-order valence-electron chi connectivity index (χ3n) is 5.17. The number of hydrogen-bond acceptors (Lipinski definition) is 5. The van der Waals surface area contributed by atoms with Crippen LogP contribution in [0.15, 0.2) is 42.5 Å². The summed E-state index contributed by atoms with van der Waals surface area (Å²) in [6.45, 7) is 2.58. The van der Waals surface area contributed by atoms with Gasteiger partial charge in [-0.3, -0.25) is 9.69 Å². The molecule has 2 aromatic rings. The van der Waals surface area contributed by atoms with Gasteiger partial charge in [-0.05, 0) is 55.8 Å². The highest BCUT2D eigenvalue weighted by Crippen LogP contribution is 2.28. The number of amides is 1. The Hall–Kier alpha value is -2.73. The van der Waals surface area contributed by atoms with Gasteiger partial charge in [-0.1, -0.05) is 12.1 Å². The number of methoxy groups -OCH3 is 3. The van der Waals surface area contributed by atoms with Crippen molar-refractivity contribution in [2.75, 3.05) is 41.0 Å². The second-order valence-corrected chi connectivity index (χ2v) is 6.81. The molecule has 6 nitrogen and oxygen atoms in total. The van der Waals surface area contributed by atoms with Crippen molar-refractivity contribution in [2.24, 2.45) is 0 Å². The molecule has 1 aliphatic heterocycles. The van der Waals surface area contributed by atoms with E-state index in [2.05, 4.69) is 16.3 Å². The molecule has 28 heavy (non-hydrogen) atoms. The van der Waals surface area contributed by atoms with Crippen molar-refractivity contribution in [3.05, 3.63) is 53.6 Å². The van der Waals surface area contributed by atoms with Crippen LogP contribution >= 0.6 is 0 Å². The third kappa shape index (κ3) is 4.57. The van der Waals surface area contributed by atoms with Gasteiger partial charge in [0.2, 0.25) is 0 Å². The highest BCUT2D eigenvalue weighted by molar-refractivity contribution is 5.97. The van der Waals surface area contributed by atoms with E-state index in [9.17, 15) is 4.79 Å². The molecule has 3 rings (SSSR count). The molecule has 1 fully saturated rings. The van der Waals surface area contributed by atoms with Gasteiger partial charge in [-0.15, -0.1) is 0 Å². The maximum absolute atomic E-state index is 12.8. The summed E-state index contributed by atoms with van der Waals surface area (Å²) in [5.41, 5.74) is 1.64. The van der Waals surface area contributed by atoms with Crippen LogP contribution in [-0.2, 0) is 0 Å². The maximum atomic E-state index is 12.8. The minimum atomic E-state index is -0.161. The zero-order chi connectivity index (χ0) is 19.9. The second kappa shape index (κ2) is 9.46. The summed E-state index contributed by atoms with van der Waals surface area (Å²) in [5, 5.41) is 3.08. The third-order valence-corrected chi connectivity index (χ3v) is 5.17. The number of likely N-dealkylation sites (tertiary alicyclic amines) is 1. The molecule has 1 atom stereocenters. The number of rotatable bonds is 8. The number of hydrogen-bond donors (Lipinski definition) is 1. The zero-order valence-corrected chi connectivity index (χ0v) is 16.7. The standard InChI is InChI=1S/C22H28N2O4/c1-26-17-8-6-7-16(13-17)20(24-11-4-5-12-24)15-23-22(25)19-10-9-18(27-2)14-21(19)28-3/h6-10,13-14,20H,4-5,11-12,15H2,1-3H3,(H,23,25). The second-order valence-electron chi connectivity index (χ2n) is 6.81. The summed E-state index contributed by atoms with van der Waals surface area (Å²) >= 11 is 0. The Kier molecular flexibility index (Phi) is 6.76. The minimum Gasteiger partial charge on any atom is -0.497 e. The van der Waals surface area contributed by atoms with E-state index in [1.165, 1.54) is 12.8 Å². The van der Waals surface area contributed by atoms with E-state index in [1.54, 1.807) is 39.5 Å². The van der Waals surface area contributed by atoms with Crippen molar-refractivity contribution < 1.29 is 19.0 Å². The first-order chi connectivity index (χ1) is 13.7. The number of nitrogens with zero attached hydrogens (tertiary/aromatic N) is 1. The fourth-order valence-corrected chi connectivity index (χ4v) is 3.63. The molecule has 1 saturated heterocycles. The van der Waals surface area contributed by atoms with Crippen LogP contribution in [0.25, 0.3) is 0 Å². The molecule has 0 radical (unpaired) electrons. The number of carbonyl (C=O) groups excluding carboxylic acids is 1. The van der Waals surface area contributed by atoms with E-state index in [4.69, 9.17) is 14.2 Å². The lowest BCUT2D eigenvalue weighted by atomic mass is 10.0. The van der Waals surface area contributed by atoms with Gasteiger partial charge in [0.1, 0.15) is 17.2 Å². The monoisotopic (exact) mass is 384 g/mol. The Morgan fingerprint density at radius 2 is 1.71 bits per heavy atom. The van der Waals surface area contributed by atoms with Gasteiger partial charge in [0.15, 0.2) is 0 Å². The van der Waals surface area contributed by atoms with Gasteiger partial charge in [-0.2, -0.15) is 0 Å². The Bertz CT molecular complexity index is 803. The molecule has 0 aliphatic carbocycles. The van der Waals surface area contributed by atoms with Crippen LogP contribution in [0.5, 0.6) is 17.2 Å². The lowest BCUT2D eigenvalue weighted by molar-refractivity contribution is 0.0935. The van der Waals surface area contributed by atoms with Crippen molar-refractivity contribution in [2.45, 2.75) is 18.9 Å². The normalized spacial score (nSPS) is 15.1. The fourth-order valence-electron chi connectivity index (χ4n) is 3.63. The summed E-state index contributed by atoms with van der Waals surface area (Å²) in [4.78, 5) is 15.2. The summed E-state index contributed by atoms with van der Waals surface area (Å²) in [6.07, 6.45) is 2.36. The first kappa shape index (κ1) is 20.0. The van der Waals surface area contributed by atoms with Crippen molar-refractivity contribution >= 4 is 5.91 Å². The molecule has 2 aromatic carbocycles. The van der Waals surface area contributed by atoms with Gasteiger partial charge >= 0.3 is 0 Å². The average molecular weight is 384 g/mol. The molecule has 0 spiro atoms. The summed E-state index contributed by atoms with van der Waals surface area (Å²) < 4.78 is 15.9. The molecule has 1 N–H and O–H groups in total. The van der Waals surface area contributed by atoms with Crippen LogP contribution in [0.3, 0.4) is 0 Å². The average Bonchev–Trinajstić information content (AvgIpc) is 3.28. The summed E-state index contributed by atoms with van der Waals surface area (Å²) in [6, 6.07) is 13.4. The van der Waals surface area contributed by atoms with Gasteiger partial charge < -0.3 is 19.5 Å². The van der Waals surface area contributed by atoms with E-state index in [0.29, 0.717) is 23.6 Å². The van der Waals surface area contributed by atoms with Gasteiger partial charge in [0, 0.05) is 12.6 Å². The molecular weight excluding hydrogens is 356 g/mol.